The van der Waals surface area contributed by atoms with Crippen LogP contribution in [0.1, 0.15) is 18.1 Å². The number of ether oxygens (including phenoxy) is 1. The highest BCUT2D eigenvalue weighted by Crippen LogP contribution is 2.30. The van der Waals surface area contributed by atoms with Gasteiger partial charge in [0.2, 0.25) is 16.2 Å². The van der Waals surface area contributed by atoms with E-state index in [-0.39, 0.29) is 17.6 Å². The van der Waals surface area contributed by atoms with Crippen molar-refractivity contribution < 1.29 is 9.53 Å². The van der Waals surface area contributed by atoms with Gasteiger partial charge in [-0.25, -0.2) is 10.1 Å². The number of nitrogen functional groups attached to an aromatic ring is 1. The summed E-state index contributed by atoms with van der Waals surface area (Å²) in [6, 6.07) is 15.1. The minimum absolute atomic E-state index is 0.0620. The average Bonchev–Trinajstić information content (AvgIpc) is 3.49. The zero-order valence-electron chi connectivity index (χ0n) is 19.5. The lowest BCUT2D eigenvalue weighted by Gasteiger charge is -2.03. The highest BCUT2D eigenvalue weighted by atomic mass is 35.5. The molecule has 0 unspecified atom stereocenters. The number of rotatable bonds is 12. The molecule has 15 heteroatoms. The molecule has 4 aromatic rings. The summed E-state index contributed by atoms with van der Waals surface area (Å²) in [4.78, 5) is 12.4. The van der Waals surface area contributed by atoms with E-state index in [9.17, 15) is 4.79 Å². The van der Waals surface area contributed by atoms with E-state index in [1.807, 2.05) is 55.5 Å². The molecule has 0 aliphatic carbocycles. The van der Waals surface area contributed by atoms with E-state index in [1.54, 1.807) is 6.21 Å². The summed E-state index contributed by atoms with van der Waals surface area (Å²) in [6.07, 6.45) is 1.62. The number of nitrogens with two attached hydrogens (primary N) is 1. The number of amides is 1. The maximum atomic E-state index is 12.4. The first-order chi connectivity index (χ1) is 18.0. The Labute approximate surface area is 230 Å². The quantitative estimate of drug-likeness (QED) is 0.0732. The predicted molar refractivity (Wildman–Crippen MR) is 149 cm³/mol. The van der Waals surface area contributed by atoms with Crippen molar-refractivity contribution in [1.82, 2.24) is 25.1 Å². The SMILES string of the molecule is CCOc1ccc(/C=N/Nc2nnc(SCC(=O)Nc3nnc(SCc4ccccc4Cl)s3)n2N)cc1. The Hall–Kier alpha value is -3.33. The molecule has 0 atom stereocenters. The standard InChI is InChI=1S/C22H22ClN9O2S3/c1-2-34-16-9-7-14(8-10-16)11-25-27-19-28-30-21(32(19)24)35-13-18(33)26-20-29-31-22(37-20)36-12-15-5-3-4-6-17(15)23/h3-11H,2,12-13,24H2,1H3,(H,27,28)(H,26,29,33)/b25-11+. The van der Waals surface area contributed by atoms with Crippen molar-refractivity contribution in [1.29, 1.82) is 0 Å². The fraction of sp³-hybridized carbons (Fsp3) is 0.182. The third-order valence-electron chi connectivity index (χ3n) is 4.53. The summed E-state index contributed by atoms with van der Waals surface area (Å²) in [5, 5.41) is 24.4. The van der Waals surface area contributed by atoms with Gasteiger partial charge in [-0.2, -0.15) is 5.10 Å². The Bertz CT molecular complexity index is 1360. The Balaban J connectivity index is 1.22. The molecule has 0 aliphatic rings. The van der Waals surface area contributed by atoms with Gasteiger partial charge in [-0.15, -0.1) is 20.4 Å². The van der Waals surface area contributed by atoms with Gasteiger partial charge in [0.15, 0.2) is 4.34 Å². The number of carbonyl (C=O) groups excluding carboxylic acids is 1. The van der Waals surface area contributed by atoms with E-state index >= 15 is 0 Å². The van der Waals surface area contributed by atoms with Gasteiger partial charge >= 0.3 is 0 Å². The second-order valence-corrected chi connectivity index (χ2v) is 10.7. The second-order valence-electron chi connectivity index (χ2n) is 7.14. The molecule has 2 aromatic carbocycles. The van der Waals surface area contributed by atoms with Gasteiger partial charge in [-0.05, 0) is 48.4 Å². The number of nitrogens with zero attached hydrogens (tertiary/aromatic N) is 6. The molecular weight excluding hydrogens is 554 g/mol. The lowest BCUT2D eigenvalue weighted by Crippen LogP contribution is -2.16. The molecule has 192 valence electrons. The number of nitrogens with one attached hydrogen (secondary N) is 2. The predicted octanol–water partition coefficient (Wildman–Crippen LogP) is 4.36. The van der Waals surface area contributed by atoms with E-state index in [0.717, 1.165) is 33.0 Å². The highest BCUT2D eigenvalue weighted by molar-refractivity contribution is 8.00. The summed E-state index contributed by atoms with van der Waals surface area (Å²) in [7, 11) is 0. The fourth-order valence-corrected chi connectivity index (χ4v) is 5.50. The van der Waals surface area contributed by atoms with Crippen LogP contribution in [-0.2, 0) is 10.5 Å². The molecule has 0 saturated heterocycles. The molecule has 4 N–H and O–H groups in total. The largest absolute Gasteiger partial charge is 0.494 e. The van der Waals surface area contributed by atoms with Crippen molar-refractivity contribution in [3.05, 3.63) is 64.7 Å². The summed E-state index contributed by atoms with van der Waals surface area (Å²) in [6.45, 7) is 2.54. The van der Waals surface area contributed by atoms with E-state index in [2.05, 4.69) is 36.2 Å². The fourth-order valence-electron chi connectivity index (χ4n) is 2.79. The Morgan fingerprint density at radius 3 is 2.76 bits per heavy atom. The van der Waals surface area contributed by atoms with Crippen molar-refractivity contribution in [3.63, 3.8) is 0 Å². The smallest absolute Gasteiger partial charge is 0.264 e. The topological polar surface area (TPSA) is 145 Å². The van der Waals surface area contributed by atoms with Gasteiger partial charge in [0.25, 0.3) is 5.95 Å². The number of carbonyl (C=O) groups is 1. The van der Waals surface area contributed by atoms with Gasteiger partial charge in [0.05, 0.1) is 18.6 Å². The van der Waals surface area contributed by atoms with Crippen LogP contribution in [0.2, 0.25) is 5.02 Å². The summed E-state index contributed by atoms with van der Waals surface area (Å²) in [5.74, 6) is 7.50. The van der Waals surface area contributed by atoms with Crippen molar-refractivity contribution in [2.24, 2.45) is 5.10 Å². The minimum atomic E-state index is -0.269. The van der Waals surface area contributed by atoms with Crippen molar-refractivity contribution in [2.45, 2.75) is 22.2 Å². The van der Waals surface area contributed by atoms with Crippen LogP contribution < -0.4 is 21.3 Å². The number of hydrazone groups is 1. The second kappa shape index (κ2) is 13.3. The molecule has 37 heavy (non-hydrogen) atoms. The van der Waals surface area contributed by atoms with Gasteiger partial charge in [0.1, 0.15) is 5.75 Å². The number of hydrogen-bond donors (Lipinski definition) is 3. The van der Waals surface area contributed by atoms with Gasteiger partial charge in [-0.1, -0.05) is 64.7 Å². The monoisotopic (exact) mass is 575 g/mol. The van der Waals surface area contributed by atoms with Crippen LogP contribution in [0.5, 0.6) is 5.75 Å². The van der Waals surface area contributed by atoms with Crippen molar-refractivity contribution in [2.75, 3.05) is 28.9 Å². The van der Waals surface area contributed by atoms with E-state index in [0.29, 0.717) is 27.7 Å². The molecule has 2 aromatic heterocycles. The minimum Gasteiger partial charge on any atom is -0.494 e. The molecule has 1 amide bonds. The Kier molecular flexibility index (Phi) is 9.59. The van der Waals surface area contributed by atoms with Crippen LogP contribution in [0.3, 0.4) is 0 Å². The average molecular weight is 576 g/mol. The normalized spacial score (nSPS) is 11.1. The molecule has 0 spiro atoms. The van der Waals surface area contributed by atoms with Gasteiger partial charge in [0, 0.05) is 10.8 Å². The van der Waals surface area contributed by atoms with Crippen LogP contribution in [-0.4, -0.2) is 49.6 Å². The zero-order chi connectivity index (χ0) is 26.0. The van der Waals surface area contributed by atoms with Crippen LogP contribution in [0, 0.1) is 0 Å². The van der Waals surface area contributed by atoms with E-state index in [1.165, 1.54) is 27.8 Å². The molecule has 2 heterocycles. The van der Waals surface area contributed by atoms with Crippen molar-refractivity contribution >= 4 is 69.7 Å². The lowest BCUT2D eigenvalue weighted by molar-refractivity contribution is -0.113. The molecule has 4 rings (SSSR count). The molecule has 0 radical (unpaired) electrons. The number of benzene rings is 2. The first kappa shape index (κ1) is 26.7. The van der Waals surface area contributed by atoms with Crippen LogP contribution in [0.4, 0.5) is 11.1 Å². The molecule has 0 bridgehead atoms. The molecule has 0 saturated carbocycles. The number of halogens is 1. The number of hydrogen-bond acceptors (Lipinski definition) is 12. The van der Waals surface area contributed by atoms with Crippen LogP contribution in [0.25, 0.3) is 0 Å². The maximum Gasteiger partial charge on any atom is 0.264 e. The highest BCUT2D eigenvalue weighted by Gasteiger charge is 2.14. The first-order valence-corrected chi connectivity index (χ1v) is 14.0. The first-order valence-electron chi connectivity index (χ1n) is 10.9. The zero-order valence-corrected chi connectivity index (χ0v) is 22.7. The third kappa shape index (κ3) is 7.82. The van der Waals surface area contributed by atoms with Crippen LogP contribution >= 0.6 is 46.5 Å². The van der Waals surface area contributed by atoms with E-state index in [4.69, 9.17) is 22.2 Å². The van der Waals surface area contributed by atoms with Gasteiger partial charge in [-0.3, -0.25) is 10.1 Å². The Morgan fingerprint density at radius 1 is 1.16 bits per heavy atom. The number of anilines is 2. The maximum absolute atomic E-state index is 12.4. The molecular formula is C22H22ClN9O2S3. The van der Waals surface area contributed by atoms with Crippen molar-refractivity contribution in [3.8, 4) is 5.75 Å². The van der Waals surface area contributed by atoms with Gasteiger partial charge < -0.3 is 10.6 Å². The van der Waals surface area contributed by atoms with E-state index < -0.39 is 0 Å². The number of thioether (sulfide) groups is 2. The molecule has 0 aliphatic heterocycles. The summed E-state index contributed by atoms with van der Waals surface area (Å²) < 4.78 is 7.37. The third-order valence-corrected chi connectivity index (χ3v) is 7.86. The number of aromatic nitrogens is 5. The summed E-state index contributed by atoms with van der Waals surface area (Å²) >= 11 is 10.1. The lowest BCUT2D eigenvalue weighted by atomic mass is 10.2. The summed E-state index contributed by atoms with van der Waals surface area (Å²) in [5.41, 5.74) is 4.62. The van der Waals surface area contributed by atoms with Crippen LogP contribution in [0.15, 0.2) is 63.1 Å². The molecule has 0 fully saturated rings. The molecule has 11 nitrogen and oxygen atoms in total. The Morgan fingerprint density at radius 2 is 1.97 bits per heavy atom.